The first-order valence-corrected chi connectivity index (χ1v) is 10.4. The molecule has 0 bridgehead atoms. The van der Waals surface area contributed by atoms with Crippen LogP contribution in [0, 0.1) is 5.92 Å². The van der Waals surface area contributed by atoms with Crippen LogP contribution < -0.4 is 16.0 Å². The molecule has 9 heteroatoms. The van der Waals surface area contributed by atoms with Crippen molar-refractivity contribution < 1.29 is 27.2 Å². The number of hydrogen-bond acceptors (Lipinski definition) is 3. The molecule has 1 aliphatic carbocycles. The van der Waals surface area contributed by atoms with Crippen LogP contribution in [-0.4, -0.2) is 30.4 Å². The van der Waals surface area contributed by atoms with E-state index in [0.29, 0.717) is 0 Å². The van der Waals surface area contributed by atoms with E-state index in [4.69, 9.17) is 0 Å². The second kappa shape index (κ2) is 9.76. The molecular weight excluding hydrogens is 402 g/mol. The molecule has 30 heavy (non-hydrogen) atoms. The number of carbonyl (C=O) groups is 2. The zero-order valence-electron chi connectivity index (χ0n) is 16.7. The highest BCUT2D eigenvalue weighted by Crippen LogP contribution is 2.33. The molecule has 0 spiro atoms. The van der Waals surface area contributed by atoms with Gasteiger partial charge in [0.1, 0.15) is 6.67 Å². The van der Waals surface area contributed by atoms with Crippen LogP contribution in [0.2, 0.25) is 0 Å². The fourth-order valence-electron chi connectivity index (χ4n) is 4.20. The number of amides is 2. The molecule has 1 atom stereocenters. The summed E-state index contributed by atoms with van der Waals surface area (Å²) in [5.74, 6) is -0.252. The minimum atomic E-state index is -4.61. The van der Waals surface area contributed by atoms with Gasteiger partial charge < -0.3 is 16.0 Å². The summed E-state index contributed by atoms with van der Waals surface area (Å²) in [6.07, 6.45) is 0.481. The topological polar surface area (TPSA) is 70.2 Å². The first-order chi connectivity index (χ1) is 14.2. The van der Waals surface area contributed by atoms with Gasteiger partial charge in [-0.05, 0) is 74.8 Å². The quantitative estimate of drug-likeness (QED) is 0.600. The van der Waals surface area contributed by atoms with Crippen LogP contribution in [0.3, 0.4) is 0 Å². The third kappa shape index (κ3) is 6.17. The minimum absolute atomic E-state index is 0.0295. The highest BCUT2D eigenvalue weighted by atomic mass is 19.4. The van der Waals surface area contributed by atoms with Crippen molar-refractivity contribution in [3.63, 3.8) is 0 Å². The molecule has 5 nitrogen and oxygen atoms in total. The van der Waals surface area contributed by atoms with Crippen LogP contribution in [0.25, 0.3) is 0 Å². The Balaban J connectivity index is 1.47. The van der Waals surface area contributed by atoms with Crippen molar-refractivity contribution in [2.24, 2.45) is 5.92 Å². The van der Waals surface area contributed by atoms with E-state index in [9.17, 15) is 27.2 Å². The Bertz CT molecular complexity index is 755. The minimum Gasteiger partial charge on any atom is -0.352 e. The lowest BCUT2D eigenvalue weighted by Crippen LogP contribution is -2.46. The van der Waals surface area contributed by atoms with Crippen molar-refractivity contribution in [3.05, 3.63) is 29.3 Å². The maximum absolute atomic E-state index is 13.0. The van der Waals surface area contributed by atoms with Crippen molar-refractivity contribution in [1.29, 1.82) is 0 Å². The highest BCUT2D eigenvalue weighted by Gasteiger charge is 2.32. The number of rotatable bonds is 6. The molecule has 1 aromatic rings. The summed E-state index contributed by atoms with van der Waals surface area (Å²) >= 11 is 0. The van der Waals surface area contributed by atoms with Crippen LogP contribution >= 0.6 is 0 Å². The van der Waals surface area contributed by atoms with Crippen LogP contribution in [0.15, 0.2) is 18.2 Å². The zero-order valence-corrected chi connectivity index (χ0v) is 16.7. The van der Waals surface area contributed by atoms with Gasteiger partial charge >= 0.3 is 6.18 Å². The Kier molecular flexibility index (Phi) is 7.33. The lowest BCUT2D eigenvalue weighted by molar-refractivity contribution is -0.137. The maximum Gasteiger partial charge on any atom is 0.416 e. The van der Waals surface area contributed by atoms with Gasteiger partial charge in [0.15, 0.2) is 0 Å². The Labute approximate surface area is 173 Å². The van der Waals surface area contributed by atoms with E-state index in [1.54, 1.807) is 0 Å². The summed E-state index contributed by atoms with van der Waals surface area (Å²) < 4.78 is 51.7. The summed E-state index contributed by atoms with van der Waals surface area (Å²) in [4.78, 5) is 24.5. The van der Waals surface area contributed by atoms with E-state index >= 15 is 0 Å². The fourth-order valence-corrected chi connectivity index (χ4v) is 4.20. The summed E-state index contributed by atoms with van der Waals surface area (Å²) in [6, 6.07) is 2.76. The molecule has 2 aliphatic rings. The number of anilines is 1. The van der Waals surface area contributed by atoms with Crippen LogP contribution in [-0.2, 0) is 22.4 Å². The van der Waals surface area contributed by atoms with Crippen LogP contribution in [0.5, 0.6) is 0 Å². The summed E-state index contributed by atoms with van der Waals surface area (Å²) in [6.45, 7) is -0.183. The second-order valence-electron chi connectivity index (χ2n) is 8.18. The molecule has 1 aromatic carbocycles. The Morgan fingerprint density at radius 2 is 1.80 bits per heavy atom. The number of carbonyl (C=O) groups excluding carboxylic acids is 2. The number of nitrogens with one attached hydrogen (secondary N) is 3. The van der Waals surface area contributed by atoms with E-state index in [1.165, 1.54) is 6.07 Å². The summed E-state index contributed by atoms with van der Waals surface area (Å²) in [5, 5.41) is 8.70. The Morgan fingerprint density at radius 3 is 2.40 bits per heavy atom. The first-order valence-electron chi connectivity index (χ1n) is 10.4. The molecule has 1 saturated heterocycles. The molecule has 166 valence electrons. The lowest BCUT2D eigenvalue weighted by atomic mass is 9.84. The molecule has 0 unspecified atom stereocenters. The van der Waals surface area contributed by atoms with E-state index < -0.39 is 18.4 Å². The maximum atomic E-state index is 13.0. The monoisotopic (exact) mass is 429 g/mol. The van der Waals surface area contributed by atoms with Gasteiger partial charge in [-0.15, -0.1) is 0 Å². The van der Waals surface area contributed by atoms with Gasteiger partial charge in [-0.2, -0.15) is 13.2 Å². The molecule has 0 aromatic heterocycles. The summed E-state index contributed by atoms with van der Waals surface area (Å²) in [7, 11) is 0. The number of benzene rings is 1. The van der Waals surface area contributed by atoms with Crippen LogP contribution in [0.4, 0.5) is 23.2 Å². The van der Waals surface area contributed by atoms with Gasteiger partial charge in [0.2, 0.25) is 11.8 Å². The van der Waals surface area contributed by atoms with E-state index in [-0.39, 0.29) is 47.5 Å². The fraction of sp³-hybridized carbons (Fsp3) is 0.619. The van der Waals surface area contributed by atoms with Crippen LogP contribution in [0.1, 0.15) is 56.1 Å². The predicted molar refractivity (Wildman–Crippen MR) is 104 cm³/mol. The molecule has 1 saturated carbocycles. The van der Waals surface area contributed by atoms with Gasteiger partial charge in [0.25, 0.3) is 0 Å². The lowest BCUT2D eigenvalue weighted by Gasteiger charge is -2.29. The molecule has 3 rings (SSSR count). The van der Waals surface area contributed by atoms with Crippen molar-refractivity contribution in [1.82, 2.24) is 10.6 Å². The second-order valence-corrected chi connectivity index (χ2v) is 8.18. The number of halogens is 4. The highest BCUT2D eigenvalue weighted by molar-refractivity contribution is 5.91. The molecule has 1 aliphatic heterocycles. The molecule has 0 radical (unpaired) electrons. The Morgan fingerprint density at radius 1 is 1.07 bits per heavy atom. The van der Waals surface area contributed by atoms with Crippen molar-refractivity contribution in [3.8, 4) is 0 Å². The SMILES string of the molecule is O=C(CC1CCC(NC(=O)[C@H]2CCCN2)CC1)Nc1cc(CF)cc(C(F)(F)F)c1. The van der Waals surface area contributed by atoms with Gasteiger partial charge in [-0.1, -0.05) is 0 Å². The van der Waals surface area contributed by atoms with Crippen molar-refractivity contribution in [2.45, 2.75) is 69.9 Å². The van der Waals surface area contributed by atoms with E-state index in [0.717, 1.165) is 57.2 Å². The zero-order chi connectivity index (χ0) is 21.7. The van der Waals surface area contributed by atoms with Gasteiger partial charge in [0.05, 0.1) is 11.6 Å². The normalized spacial score (nSPS) is 24.5. The number of alkyl halides is 4. The third-order valence-corrected chi connectivity index (χ3v) is 5.80. The van der Waals surface area contributed by atoms with Gasteiger partial charge in [0, 0.05) is 18.2 Å². The number of hydrogen-bond donors (Lipinski definition) is 3. The molecule has 1 heterocycles. The molecule has 3 N–H and O–H groups in total. The molecule has 2 amide bonds. The molecule has 2 fully saturated rings. The first kappa shape index (κ1) is 22.5. The smallest absolute Gasteiger partial charge is 0.352 e. The average molecular weight is 429 g/mol. The molecular formula is C21H27F4N3O2. The summed E-state index contributed by atoms with van der Waals surface area (Å²) in [5.41, 5.74) is -1.17. The standard InChI is InChI=1S/C21H27F4N3O2/c22-12-14-8-15(21(23,24)25)11-17(9-14)27-19(29)10-13-3-5-16(6-4-13)28-20(30)18-2-1-7-26-18/h8-9,11,13,16,18,26H,1-7,10,12H2,(H,27,29)(H,28,30)/t13?,16?,18-/m1/s1. The van der Waals surface area contributed by atoms with Crippen molar-refractivity contribution >= 4 is 17.5 Å². The average Bonchev–Trinajstić information content (AvgIpc) is 3.23. The van der Waals surface area contributed by atoms with E-state index in [1.807, 2.05) is 0 Å². The van der Waals surface area contributed by atoms with E-state index in [2.05, 4.69) is 16.0 Å². The predicted octanol–water partition coefficient (Wildman–Crippen LogP) is 3.93. The Hall–Kier alpha value is -2.16. The van der Waals surface area contributed by atoms with Gasteiger partial charge in [-0.3, -0.25) is 9.59 Å². The van der Waals surface area contributed by atoms with Gasteiger partial charge in [-0.25, -0.2) is 4.39 Å². The van der Waals surface area contributed by atoms with Crippen molar-refractivity contribution in [2.75, 3.05) is 11.9 Å². The largest absolute Gasteiger partial charge is 0.416 e. The third-order valence-electron chi connectivity index (χ3n) is 5.80.